The van der Waals surface area contributed by atoms with Crippen LogP contribution in [0.5, 0.6) is 0 Å². The van der Waals surface area contributed by atoms with Gasteiger partial charge in [-0.05, 0) is 50.9 Å². The van der Waals surface area contributed by atoms with Crippen molar-refractivity contribution in [1.29, 1.82) is 0 Å². The summed E-state index contributed by atoms with van der Waals surface area (Å²) in [6.07, 6.45) is 6.23. The molecule has 3 N–H and O–H groups in total. The number of nitrogen functional groups attached to an aromatic ring is 1. The minimum atomic E-state index is -0.718. The van der Waals surface area contributed by atoms with Gasteiger partial charge in [-0.2, -0.15) is 0 Å². The van der Waals surface area contributed by atoms with Crippen LogP contribution < -0.4 is 5.73 Å². The number of carbonyl (C=O) groups is 1. The maximum absolute atomic E-state index is 13.2. The van der Waals surface area contributed by atoms with Gasteiger partial charge >= 0.3 is 0 Å². The number of hydrogen-bond donors (Lipinski definition) is 2. The monoisotopic (exact) mass is 374 g/mol. The van der Waals surface area contributed by atoms with Crippen molar-refractivity contribution < 1.29 is 14.6 Å². The van der Waals surface area contributed by atoms with E-state index in [-0.39, 0.29) is 23.7 Å². The van der Waals surface area contributed by atoms with Crippen LogP contribution in [-0.2, 0) is 17.6 Å². The average Bonchev–Trinajstić information content (AvgIpc) is 2.69. The first-order chi connectivity index (χ1) is 13.0. The molecule has 1 amide bonds. The number of amides is 1. The normalized spacial score (nSPS) is 29.4. The van der Waals surface area contributed by atoms with E-state index in [0.717, 1.165) is 49.8 Å². The number of fused-ring (bicyclic) bond motifs is 1. The molecular weight excluding hydrogens is 344 g/mol. The van der Waals surface area contributed by atoms with E-state index >= 15 is 0 Å². The fourth-order valence-corrected chi connectivity index (χ4v) is 5.07. The Bertz CT molecular complexity index is 719. The number of aryl methyl sites for hydroxylation is 1. The fourth-order valence-electron chi connectivity index (χ4n) is 5.07. The van der Waals surface area contributed by atoms with Gasteiger partial charge in [0.15, 0.2) is 0 Å². The third-order valence-electron chi connectivity index (χ3n) is 6.75. The van der Waals surface area contributed by atoms with Crippen molar-refractivity contribution in [2.45, 2.75) is 57.5 Å². The van der Waals surface area contributed by atoms with E-state index in [4.69, 9.17) is 10.5 Å². The Hall–Kier alpha value is -1.73. The molecule has 3 heterocycles. The van der Waals surface area contributed by atoms with Gasteiger partial charge in [-0.3, -0.25) is 4.79 Å². The predicted molar refractivity (Wildman–Crippen MR) is 101 cm³/mol. The number of ether oxygens (including phenoxy) is 1. The molecule has 7 heteroatoms. The predicted octanol–water partition coefficient (Wildman–Crippen LogP) is 1.58. The molecule has 0 spiro atoms. The Morgan fingerprint density at radius 2 is 2.00 bits per heavy atom. The van der Waals surface area contributed by atoms with E-state index in [0.29, 0.717) is 38.4 Å². The first-order valence-corrected chi connectivity index (χ1v) is 10.2. The lowest BCUT2D eigenvalue weighted by Crippen LogP contribution is -2.57. The number of aliphatic hydroxyl groups is 1. The van der Waals surface area contributed by atoms with Crippen LogP contribution in [0.4, 0.5) is 5.95 Å². The molecule has 3 aliphatic rings. The summed E-state index contributed by atoms with van der Waals surface area (Å²) in [5.41, 5.74) is 7.53. The van der Waals surface area contributed by atoms with Crippen LogP contribution in [0.15, 0.2) is 0 Å². The van der Waals surface area contributed by atoms with Crippen molar-refractivity contribution in [1.82, 2.24) is 14.9 Å². The molecule has 1 aromatic heterocycles. The van der Waals surface area contributed by atoms with Gasteiger partial charge in [-0.1, -0.05) is 6.92 Å². The van der Waals surface area contributed by atoms with E-state index in [9.17, 15) is 9.90 Å². The third-order valence-corrected chi connectivity index (χ3v) is 6.75. The number of carbonyl (C=O) groups excluding carboxylic acids is 1. The maximum atomic E-state index is 13.2. The smallest absolute Gasteiger partial charge is 0.272 e. The van der Waals surface area contributed by atoms with Gasteiger partial charge in [0.05, 0.1) is 5.60 Å². The topological polar surface area (TPSA) is 102 Å². The fraction of sp³-hybridized carbons (Fsp3) is 0.750. The summed E-state index contributed by atoms with van der Waals surface area (Å²) in [6.45, 7) is 4.59. The number of hydrogen-bond acceptors (Lipinski definition) is 6. The highest BCUT2D eigenvalue weighted by Crippen LogP contribution is 2.39. The molecule has 0 saturated carbocycles. The molecule has 148 valence electrons. The van der Waals surface area contributed by atoms with E-state index < -0.39 is 5.60 Å². The zero-order valence-corrected chi connectivity index (χ0v) is 16.1. The second-order valence-corrected chi connectivity index (χ2v) is 8.34. The lowest BCUT2D eigenvalue weighted by atomic mass is 9.70. The summed E-state index contributed by atoms with van der Waals surface area (Å²) in [7, 11) is 0. The molecule has 0 aromatic carbocycles. The van der Waals surface area contributed by atoms with Gasteiger partial charge in [0.1, 0.15) is 5.69 Å². The number of aromatic nitrogens is 2. The van der Waals surface area contributed by atoms with Crippen LogP contribution in [0.25, 0.3) is 0 Å². The summed E-state index contributed by atoms with van der Waals surface area (Å²) < 4.78 is 5.45. The van der Waals surface area contributed by atoms with Crippen molar-refractivity contribution in [2.24, 2.45) is 11.8 Å². The molecule has 0 unspecified atom stereocenters. The molecule has 2 saturated heterocycles. The first kappa shape index (κ1) is 18.6. The van der Waals surface area contributed by atoms with Crippen LogP contribution in [0.1, 0.15) is 60.8 Å². The molecule has 1 aliphatic carbocycles. The molecule has 1 aromatic rings. The minimum Gasteiger partial charge on any atom is -0.389 e. The lowest BCUT2D eigenvalue weighted by Gasteiger charge is -2.48. The van der Waals surface area contributed by atoms with Gasteiger partial charge < -0.3 is 20.5 Å². The molecule has 0 radical (unpaired) electrons. The molecule has 27 heavy (non-hydrogen) atoms. The number of piperidine rings is 1. The van der Waals surface area contributed by atoms with Crippen LogP contribution >= 0.6 is 0 Å². The Labute approximate surface area is 160 Å². The second-order valence-electron chi connectivity index (χ2n) is 8.34. The number of rotatable bonds is 2. The number of nitrogens with two attached hydrogens (primary N) is 1. The summed E-state index contributed by atoms with van der Waals surface area (Å²) in [6, 6.07) is 0. The number of nitrogens with zero attached hydrogens (tertiary/aromatic N) is 3. The van der Waals surface area contributed by atoms with Crippen molar-refractivity contribution >= 4 is 11.9 Å². The van der Waals surface area contributed by atoms with Gasteiger partial charge in [0.2, 0.25) is 5.95 Å². The van der Waals surface area contributed by atoms with Gasteiger partial charge in [-0.15, -0.1) is 0 Å². The molecule has 2 aliphatic heterocycles. The average molecular weight is 374 g/mol. The zero-order valence-electron chi connectivity index (χ0n) is 16.1. The quantitative estimate of drug-likeness (QED) is 0.815. The summed E-state index contributed by atoms with van der Waals surface area (Å²) in [4.78, 5) is 23.7. The van der Waals surface area contributed by atoms with Gasteiger partial charge in [0, 0.05) is 43.5 Å². The highest BCUT2D eigenvalue weighted by molar-refractivity contribution is 5.94. The third kappa shape index (κ3) is 3.43. The Kier molecular flexibility index (Phi) is 5.07. The Morgan fingerprint density at radius 3 is 2.74 bits per heavy atom. The Balaban J connectivity index is 1.52. The van der Waals surface area contributed by atoms with Gasteiger partial charge in [-0.25, -0.2) is 9.97 Å². The minimum absolute atomic E-state index is 0.0216. The number of anilines is 1. The lowest BCUT2D eigenvalue weighted by molar-refractivity contribution is -0.125. The summed E-state index contributed by atoms with van der Waals surface area (Å²) in [5.74, 6) is 0.389. The van der Waals surface area contributed by atoms with Crippen LogP contribution in [-0.4, -0.2) is 57.8 Å². The van der Waals surface area contributed by atoms with Crippen molar-refractivity contribution in [3.05, 3.63) is 17.0 Å². The van der Waals surface area contributed by atoms with Crippen molar-refractivity contribution in [3.8, 4) is 0 Å². The second kappa shape index (κ2) is 7.36. The highest BCUT2D eigenvalue weighted by Gasteiger charge is 2.46. The van der Waals surface area contributed by atoms with E-state index in [1.54, 1.807) is 0 Å². The van der Waals surface area contributed by atoms with Crippen LogP contribution in [0.3, 0.4) is 0 Å². The maximum Gasteiger partial charge on any atom is 0.272 e. The summed E-state index contributed by atoms with van der Waals surface area (Å²) >= 11 is 0. The molecule has 4 rings (SSSR count). The van der Waals surface area contributed by atoms with Crippen LogP contribution in [0, 0.1) is 11.8 Å². The first-order valence-electron chi connectivity index (χ1n) is 10.2. The van der Waals surface area contributed by atoms with E-state index in [1.807, 2.05) is 4.90 Å². The zero-order chi connectivity index (χ0) is 19.0. The molecular formula is C20H30N4O3. The van der Waals surface area contributed by atoms with Crippen molar-refractivity contribution in [2.75, 3.05) is 32.0 Å². The standard InChI is InChI=1S/C20H30N4O3/c1-13-12-24(9-8-20(13,26)14-6-10-27-11-7-14)18(25)17-15-4-2-3-5-16(15)22-19(21)23-17/h13-14,26H,2-12H2,1H3,(H2,21,22,23)/t13-,20+/m1/s1. The highest BCUT2D eigenvalue weighted by atomic mass is 16.5. The Morgan fingerprint density at radius 1 is 1.26 bits per heavy atom. The molecule has 2 fully saturated rings. The van der Waals surface area contributed by atoms with Crippen LogP contribution in [0.2, 0.25) is 0 Å². The molecule has 2 atom stereocenters. The van der Waals surface area contributed by atoms with E-state index in [2.05, 4.69) is 16.9 Å². The summed E-state index contributed by atoms with van der Waals surface area (Å²) in [5, 5.41) is 11.3. The molecule has 7 nitrogen and oxygen atoms in total. The SMILES string of the molecule is C[C@@H]1CN(C(=O)c2nc(N)nc3c2CCCC3)CC[C@@]1(O)C1CCOCC1. The largest absolute Gasteiger partial charge is 0.389 e. The van der Waals surface area contributed by atoms with E-state index in [1.165, 1.54) is 0 Å². The molecule has 0 bridgehead atoms. The van der Waals surface area contributed by atoms with Crippen molar-refractivity contribution in [3.63, 3.8) is 0 Å². The van der Waals surface area contributed by atoms with Gasteiger partial charge in [0.25, 0.3) is 5.91 Å². The number of likely N-dealkylation sites (tertiary alicyclic amines) is 1.